The van der Waals surface area contributed by atoms with E-state index in [4.69, 9.17) is 4.74 Å². The van der Waals surface area contributed by atoms with E-state index in [2.05, 4.69) is 34.3 Å². The van der Waals surface area contributed by atoms with Crippen molar-refractivity contribution in [3.63, 3.8) is 0 Å². The van der Waals surface area contributed by atoms with Gasteiger partial charge in [-0.25, -0.2) is 0 Å². The van der Waals surface area contributed by atoms with Gasteiger partial charge in [-0.1, -0.05) is 37.3 Å². The van der Waals surface area contributed by atoms with Crippen LogP contribution in [-0.2, 0) is 16.1 Å². The first kappa shape index (κ1) is 15.4. The van der Waals surface area contributed by atoms with Crippen LogP contribution in [-0.4, -0.2) is 44.1 Å². The summed E-state index contributed by atoms with van der Waals surface area (Å²) in [5, 5.41) is 3.35. The second-order valence-corrected chi connectivity index (χ2v) is 5.40. The van der Waals surface area contributed by atoms with Gasteiger partial charge >= 0.3 is 5.97 Å². The van der Waals surface area contributed by atoms with Crippen molar-refractivity contribution in [3.05, 3.63) is 35.9 Å². The van der Waals surface area contributed by atoms with E-state index in [-0.39, 0.29) is 17.8 Å². The first-order valence-electron chi connectivity index (χ1n) is 7.23. The quantitative estimate of drug-likeness (QED) is 0.520. The molecule has 0 radical (unpaired) electrons. The summed E-state index contributed by atoms with van der Waals surface area (Å²) in [6.07, 6.45) is 0. The zero-order chi connectivity index (χ0) is 15.2. The van der Waals surface area contributed by atoms with Crippen LogP contribution in [0.25, 0.3) is 0 Å². The van der Waals surface area contributed by atoms with Crippen molar-refractivity contribution in [2.24, 2.45) is 16.8 Å². The van der Waals surface area contributed by atoms with Gasteiger partial charge in [-0.2, -0.15) is 0 Å². The van der Waals surface area contributed by atoms with Crippen molar-refractivity contribution < 1.29 is 9.53 Å². The van der Waals surface area contributed by atoms with Crippen molar-refractivity contribution >= 4 is 11.9 Å². The summed E-state index contributed by atoms with van der Waals surface area (Å²) in [5.74, 6) is 0.888. The third-order valence-electron chi connectivity index (χ3n) is 3.92. The zero-order valence-corrected chi connectivity index (χ0v) is 12.9. The highest BCUT2D eigenvalue weighted by Crippen LogP contribution is 2.24. The Kier molecular flexibility index (Phi) is 5.20. The van der Waals surface area contributed by atoms with Crippen LogP contribution < -0.4 is 5.32 Å². The lowest BCUT2D eigenvalue weighted by Gasteiger charge is -2.21. The van der Waals surface area contributed by atoms with E-state index in [1.807, 2.05) is 18.2 Å². The van der Waals surface area contributed by atoms with E-state index in [0.717, 1.165) is 19.0 Å². The number of methoxy groups -OCH3 is 1. The van der Waals surface area contributed by atoms with Gasteiger partial charge in [0.05, 0.1) is 13.0 Å². The minimum absolute atomic E-state index is 0.0784. The summed E-state index contributed by atoms with van der Waals surface area (Å²) in [6, 6.07) is 10.2. The van der Waals surface area contributed by atoms with E-state index in [9.17, 15) is 4.79 Å². The predicted octanol–water partition coefficient (Wildman–Crippen LogP) is 1.50. The maximum absolute atomic E-state index is 11.8. The molecule has 2 unspecified atom stereocenters. The number of nitrogens with zero attached hydrogens (tertiary/aromatic N) is 2. The third-order valence-corrected chi connectivity index (χ3v) is 3.92. The Hall–Kier alpha value is -2.04. The Morgan fingerprint density at radius 2 is 2.10 bits per heavy atom. The van der Waals surface area contributed by atoms with Crippen LogP contribution in [0.3, 0.4) is 0 Å². The lowest BCUT2D eigenvalue weighted by molar-refractivity contribution is -0.145. The molecule has 1 N–H and O–H groups in total. The molecular weight excluding hydrogens is 266 g/mol. The maximum atomic E-state index is 11.8. The van der Waals surface area contributed by atoms with Crippen molar-refractivity contribution in [1.29, 1.82) is 0 Å². The van der Waals surface area contributed by atoms with Crippen LogP contribution >= 0.6 is 0 Å². The summed E-state index contributed by atoms with van der Waals surface area (Å²) in [5.41, 5.74) is 1.20. The maximum Gasteiger partial charge on any atom is 0.310 e. The highest BCUT2D eigenvalue weighted by atomic mass is 16.5. The Morgan fingerprint density at radius 1 is 1.38 bits per heavy atom. The molecule has 2 rings (SSSR count). The molecule has 0 aliphatic carbocycles. The number of esters is 1. The molecule has 0 aromatic heterocycles. The third kappa shape index (κ3) is 3.74. The number of hydrogen-bond donors (Lipinski definition) is 1. The topological polar surface area (TPSA) is 53.9 Å². The minimum Gasteiger partial charge on any atom is -0.469 e. The first-order valence-corrected chi connectivity index (χ1v) is 7.23. The van der Waals surface area contributed by atoms with E-state index < -0.39 is 0 Å². The Bertz CT molecular complexity index is 502. The number of aliphatic imine (C=N–C) groups is 1. The standard InChI is InChI=1S/C16H23N3O2/c1-12-10-19(11-14(12)15(20)21-3)16(17-2)18-9-13-7-5-4-6-8-13/h4-8,12,14H,9-11H2,1-3H3,(H,17,18). The van der Waals surface area contributed by atoms with Gasteiger partial charge < -0.3 is 15.0 Å². The van der Waals surface area contributed by atoms with Crippen molar-refractivity contribution in [1.82, 2.24) is 10.2 Å². The number of benzene rings is 1. The molecule has 1 heterocycles. The van der Waals surface area contributed by atoms with Crippen LogP contribution in [0.15, 0.2) is 35.3 Å². The molecule has 1 aliphatic heterocycles. The number of ether oxygens (including phenoxy) is 1. The second-order valence-electron chi connectivity index (χ2n) is 5.40. The number of guanidine groups is 1. The Balaban J connectivity index is 1.95. The average molecular weight is 289 g/mol. The first-order chi connectivity index (χ1) is 10.2. The number of carbonyl (C=O) groups is 1. The summed E-state index contributed by atoms with van der Waals surface area (Å²) in [4.78, 5) is 18.2. The SMILES string of the molecule is CN=C(NCc1ccccc1)N1CC(C)C(C(=O)OC)C1. The highest BCUT2D eigenvalue weighted by molar-refractivity contribution is 5.82. The van der Waals surface area contributed by atoms with Gasteiger partial charge in [0, 0.05) is 26.7 Å². The average Bonchev–Trinajstić information content (AvgIpc) is 2.90. The number of nitrogens with one attached hydrogen (secondary N) is 1. The van der Waals surface area contributed by atoms with Gasteiger partial charge in [-0.05, 0) is 11.5 Å². The molecule has 5 nitrogen and oxygen atoms in total. The molecule has 5 heteroatoms. The zero-order valence-electron chi connectivity index (χ0n) is 12.9. The largest absolute Gasteiger partial charge is 0.469 e. The fourth-order valence-corrected chi connectivity index (χ4v) is 2.71. The van der Waals surface area contributed by atoms with Crippen LogP contribution in [0.5, 0.6) is 0 Å². The Labute approximate surface area is 126 Å². The number of hydrogen-bond acceptors (Lipinski definition) is 3. The summed E-state index contributed by atoms with van der Waals surface area (Å²) < 4.78 is 4.87. The minimum atomic E-state index is -0.136. The van der Waals surface area contributed by atoms with Crippen LogP contribution in [0.2, 0.25) is 0 Å². The van der Waals surface area contributed by atoms with Crippen LogP contribution in [0.4, 0.5) is 0 Å². The van der Waals surface area contributed by atoms with Gasteiger partial charge in [0.1, 0.15) is 0 Å². The fraction of sp³-hybridized carbons (Fsp3) is 0.500. The van der Waals surface area contributed by atoms with E-state index in [1.54, 1.807) is 7.05 Å². The molecule has 1 aliphatic rings. The van der Waals surface area contributed by atoms with Crippen LogP contribution in [0, 0.1) is 11.8 Å². The molecular formula is C16H23N3O2. The number of rotatable bonds is 3. The van der Waals surface area contributed by atoms with E-state index >= 15 is 0 Å². The molecule has 1 aromatic rings. The summed E-state index contributed by atoms with van der Waals surface area (Å²) in [6.45, 7) is 4.27. The normalized spacial score (nSPS) is 22.2. The van der Waals surface area contributed by atoms with Crippen molar-refractivity contribution in [2.75, 3.05) is 27.2 Å². The molecule has 1 aromatic carbocycles. The van der Waals surface area contributed by atoms with Gasteiger partial charge in [0.2, 0.25) is 0 Å². The van der Waals surface area contributed by atoms with Gasteiger partial charge in [0.25, 0.3) is 0 Å². The number of carbonyl (C=O) groups excluding carboxylic acids is 1. The molecule has 1 saturated heterocycles. The molecule has 0 amide bonds. The molecule has 114 valence electrons. The second kappa shape index (κ2) is 7.11. The molecule has 2 atom stereocenters. The molecule has 1 fully saturated rings. The van der Waals surface area contributed by atoms with E-state index in [0.29, 0.717) is 6.54 Å². The molecule has 0 spiro atoms. The van der Waals surface area contributed by atoms with Crippen LogP contribution in [0.1, 0.15) is 12.5 Å². The smallest absolute Gasteiger partial charge is 0.310 e. The van der Waals surface area contributed by atoms with Gasteiger partial charge in [-0.15, -0.1) is 0 Å². The summed E-state index contributed by atoms with van der Waals surface area (Å²) in [7, 11) is 3.21. The molecule has 0 bridgehead atoms. The lowest BCUT2D eigenvalue weighted by atomic mass is 9.99. The lowest BCUT2D eigenvalue weighted by Crippen LogP contribution is -2.40. The fourth-order valence-electron chi connectivity index (χ4n) is 2.71. The molecule has 0 saturated carbocycles. The monoisotopic (exact) mass is 289 g/mol. The van der Waals surface area contributed by atoms with Gasteiger partial charge in [0.15, 0.2) is 5.96 Å². The molecule has 21 heavy (non-hydrogen) atoms. The number of likely N-dealkylation sites (tertiary alicyclic amines) is 1. The highest BCUT2D eigenvalue weighted by Gasteiger charge is 2.36. The van der Waals surface area contributed by atoms with E-state index in [1.165, 1.54) is 12.7 Å². The summed E-state index contributed by atoms with van der Waals surface area (Å²) >= 11 is 0. The van der Waals surface area contributed by atoms with Gasteiger partial charge in [-0.3, -0.25) is 9.79 Å². The predicted molar refractivity (Wildman–Crippen MR) is 82.9 cm³/mol. The van der Waals surface area contributed by atoms with Crippen molar-refractivity contribution in [3.8, 4) is 0 Å². The van der Waals surface area contributed by atoms with Crippen molar-refractivity contribution in [2.45, 2.75) is 13.5 Å². The Morgan fingerprint density at radius 3 is 2.71 bits per heavy atom.